The minimum absolute atomic E-state index is 0.0224. The van der Waals surface area contributed by atoms with Gasteiger partial charge in [0.15, 0.2) is 5.78 Å². The molecule has 0 fully saturated rings. The first kappa shape index (κ1) is 15.9. The fourth-order valence-electron chi connectivity index (χ4n) is 2.01. The van der Waals surface area contributed by atoms with Gasteiger partial charge in [0.1, 0.15) is 9.84 Å². The van der Waals surface area contributed by atoms with E-state index in [0.29, 0.717) is 12.0 Å². The van der Waals surface area contributed by atoms with E-state index in [-0.39, 0.29) is 23.4 Å². The van der Waals surface area contributed by atoms with Gasteiger partial charge in [0.2, 0.25) is 0 Å². The molecule has 0 aliphatic heterocycles. The van der Waals surface area contributed by atoms with Gasteiger partial charge in [-0.25, -0.2) is 8.42 Å². The first-order valence-electron chi connectivity index (χ1n) is 6.42. The van der Waals surface area contributed by atoms with Crippen LogP contribution in [-0.4, -0.2) is 26.2 Å². The Balaban J connectivity index is 2.84. The van der Waals surface area contributed by atoms with Crippen molar-refractivity contribution in [2.24, 2.45) is 0 Å². The van der Waals surface area contributed by atoms with Crippen LogP contribution in [-0.2, 0) is 15.3 Å². The largest absolute Gasteiger partial charge is 0.294 e. The Hall–Kier alpha value is -1.16. The summed E-state index contributed by atoms with van der Waals surface area (Å²) in [7, 11) is -2.99. The van der Waals surface area contributed by atoms with E-state index < -0.39 is 9.84 Å². The molecule has 19 heavy (non-hydrogen) atoms. The van der Waals surface area contributed by atoms with Gasteiger partial charge >= 0.3 is 0 Å². The molecule has 1 aromatic rings. The molecule has 0 heterocycles. The molecule has 0 saturated heterocycles. The van der Waals surface area contributed by atoms with E-state index in [1.54, 1.807) is 0 Å². The number of hydrogen-bond donors (Lipinski definition) is 0. The molecule has 0 aliphatic carbocycles. The zero-order valence-electron chi connectivity index (χ0n) is 12.1. The van der Waals surface area contributed by atoms with Crippen LogP contribution >= 0.6 is 0 Å². The van der Waals surface area contributed by atoms with Crippen molar-refractivity contribution in [1.29, 1.82) is 0 Å². The van der Waals surface area contributed by atoms with Crippen LogP contribution in [0.5, 0.6) is 0 Å². The van der Waals surface area contributed by atoms with Gasteiger partial charge in [-0.05, 0) is 17.4 Å². The van der Waals surface area contributed by atoms with Crippen molar-refractivity contribution >= 4 is 15.6 Å². The second-order valence-electron chi connectivity index (χ2n) is 5.95. The SMILES string of the molecule is CC(C)(C)c1ccccc1C(=O)CCCS(C)(=O)=O. The molecule has 0 amide bonds. The molecule has 0 unspecified atom stereocenters. The highest BCUT2D eigenvalue weighted by atomic mass is 32.2. The van der Waals surface area contributed by atoms with Gasteiger partial charge in [-0.3, -0.25) is 4.79 Å². The summed E-state index contributed by atoms with van der Waals surface area (Å²) in [4.78, 5) is 12.2. The standard InChI is InChI=1S/C15H22O3S/c1-15(2,3)13-9-6-5-8-12(13)14(16)10-7-11-19(4,17)18/h5-6,8-9H,7,10-11H2,1-4H3. The van der Waals surface area contributed by atoms with E-state index in [9.17, 15) is 13.2 Å². The molecule has 1 aromatic carbocycles. The first-order valence-corrected chi connectivity index (χ1v) is 8.48. The molecule has 0 bridgehead atoms. The molecule has 0 atom stereocenters. The molecular formula is C15H22O3S. The van der Waals surface area contributed by atoms with Crippen molar-refractivity contribution in [2.75, 3.05) is 12.0 Å². The summed E-state index contributed by atoms with van der Waals surface area (Å²) in [6.07, 6.45) is 1.86. The molecule has 0 spiro atoms. The zero-order chi connectivity index (χ0) is 14.7. The highest BCUT2D eigenvalue weighted by Gasteiger charge is 2.20. The number of ketones is 1. The van der Waals surface area contributed by atoms with Crippen LogP contribution < -0.4 is 0 Å². The molecule has 1 rings (SSSR count). The van der Waals surface area contributed by atoms with E-state index >= 15 is 0 Å². The summed E-state index contributed by atoms with van der Waals surface area (Å²) in [5, 5.41) is 0. The fraction of sp³-hybridized carbons (Fsp3) is 0.533. The number of carbonyl (C=O) groups is 1. The second-order valence-corrected chi connectivity index (χ2v) is 8.21. The maximum absolute atomic E-state index is 12.2. The summed E-state index contributed by atoms with van der Waals surface area (Å²) in [5.41, 5.74) is 1.63. The van der Waals surface area contributed by atoms with Gasteiger partial charge < -0.3 is 0 Å². The zero-order valence-corrected chi connectivity index (χ0v) is 12.9. The number of Topliss-reactive ketones (excluding diaryl/α,β-unsaturated/α-hetero) is 1. The van der Waals surface area contributed by atoms with Crippen LogP contribution in [0.25, 0.3) is 0 Å². The van der Waals surface area contributed by atoms with E-state index in [4.69, 9.17) is 0 Å². The lowest BCUT2D eigenvalue weighted by molar-refractivity contribution is 0.0980. The number of hydrogen-bond acceptors (Lipinski definition) is 3. The molecule has 0 saturated carbocycles. The minimum Gasteiger partial charge on any atom is -0.294 e. The molecule has 0 radical (unpaired) electrons. The summed E-state index contributed by atoms with van der Waals surface area (Å²) in [6, 6.07) is 7.56. The Bertz CT molecular complexity index is 551. The van der Waals surface area contributed by atoms with Crippen molar-refractivity contribution < 1.29 is 13.2 Å². The lowest BCUT2D eigenvalue weighted by Crippen LogP contribution is -2.17. The molecule has 0 aromatic heterocycles. The smallest absolute Gasteiger partial charge is 0.163 e. The van der Waals surface area contributed by atoms with Crippen LogP contribution in [0.1, 0.15) is 49.5 Å². The number of sulfone groups is 1. The molecular weight excluding hydrogens is 260 g/mol. The topological polar surface area (TPSA) is 51.2 Å². The normalized spacial score (nSPS) is 12.4. The predicted molar refractivity (Wildman–Crippen MR) is 78.4 cm³/mol. The van der Waals surface area contributed by atoms with E-state index in [0.717, 1.165) is 5.56 Å². The Morgan fingerprint density at radius 2 is 1.74 bits per heavy atom. The average Bonchev–Trinajstić information content (AvgIpc) is 2.26. The van der Waals surface area contributed by atoms with Crippen molar-refractivity contribution in [3.05, 3.63) is 35.4 Å². The molecule has 3 nitrogen and oxygen atoms in total. The molecule has 0 aliphatic rings. The maximum atomic E-state index is 12.2. The lowest BCUT2D eigenvalue weighted by atomic mass is 9.82. The van der Waals surface area contributed by atoms with E-state index in [1.807, 2.05) is 24.3 Å². The predicted octanol–water partition coefficient (Wildman–Crippen LogP) is 2.99. The molecule has 4 heteroatoms. The lowest BCUT2D eigenvalue weighted by Gasteiger charge is -2.22. The van der Waals surface area contributed by atoms with Crippen molar-refractivity contribution in [3.8, 4) is 0 Å². The molecule has 0 N–H and O–H groups in total. The van der Waals surface area contributed by atoms with E-state index in [1.165, 1.54) is 6.26 Å². The molecule has 106 valence electrons. The quantitative estimate of drug-likeness (QED) is 0.780. The van der Waals surface area contributed by atoms with Gasteiger partial charge in [0, 0.05) is 18.2 Å². The van der Waals surface area contributed by atoms with Crippen molar-refractivity contribution in [2.45, 2.75) is 39.0 Å². The third-order valence-corrected chi connectivity index (χ3v) is 3.98. The van der Waals surface area contributed by atoms with E-state index in [2.05, 4.69) is 20.8 Å². The number of benzene rings is 1. The Morgan fingerprint density at radius 3 is 2.26 bits per heavy atom. The van der Waals surface area contributed by atoms with Crippen LogP contribution in [0.3, 0.4) is 0 Å². The summed E-state index contributed by atoms with van der Waals surface area (Å²) in [6.45, 7) is 6.20. The minimum atomic E-state index is -2.99. The number of rotatable bonds is 5. The summed E-state index contributed by atoms with van der Waals surface area (Å²) >= 11 is 0. The summed E-state index contributed by atoms with van der Waals surface area (Å²) < 4.78 is 22.1. The van der Waals surface area contributed by atoms with Crippen LogP contribution in [0.4, 0.5) is 0 Å². The van der Waals surface area contributed by atoms with Gasteiger partial charge in [-0.2, -0.15) is 0 Å². The summed E-state index contributed by atoms with van der Waals surface area (Å²) in [5.74, 6) is 0.0883. The second kappa shape index (κ2) is 5.87. The van der Waals surface area contributed by atoms with Gasteiger partial charge in [0.05, 0.1) is 5.75 Å². The third kappa shape index (κ3) is 5.15. The highest BCUT2D eigenvalue weighted by Crippen LogP contribution is 2.26. The first-order chi connectivity index (χ1) is 8.61. The van der Waals surface area contributed by atoms with Crippen LogP contribution in [0.2, 0.25) is 0 Å². The Morgan fingerprint density at radius 1 is 1.16 bits per heavy atom. The monoisotopic (exact) mass is 282 g/mol. The third-order valence-electron chi connectivity index (χ3n) is 2.95. The fourth-order valence-corrected chi connectivity index (χ4v) is 2.68. The van der Waals surface area contributed by atoms with Crippen LogP contribution in [0, 0.1) is 0 Å². The maximum Gasteiger partial charge on any atom is 0.163 e. The Labute approximate surface area is 116 Å². The van der Waals surface area contributed by atoms with Crippen LogP contribution in [0.15, 0.2) is 24.3 Å². The highest BCUT2D eigenvalue weighted by molar-refractivity contribution is 7.90. The van der Waals surface area contributed by atoms with Crippen molar-refractivity contribution in [3.63, 3.8) is 0 Å². The average molecular weight is 282 g/mol. The Kier molecular flexibility index (Phi) is 4.91. The van der Waals surface area contributed by atoms with Gasteiger partial charge in [-0.1, -0.05) is 45.0 Å². The number of carbonyl (C=O) groups excluding carboxylic acids is 1. The van der Waals surface area contributed by atoms with Crippen molar-refractivity contribution in [1.82, 2.24) is 0 Å². The van der Waals surface area contributed by atoms with Gasteiger partial charge in [0.25, 0.3) is 0 Å². The van der Waals surface area contributed by atoms with Gasteiger partial charge in [-0.15, -0.1) is 0 Å².